The molecule has 1 aromatic rings. The van der Waals surface area contributed by atoms with Crippen LogP contribution in [0.4, 0.5) is 10.1 Å². The van der Waals surface area contributed by atoms with E-state index in [1.165, 1.54) is 24.6 Å². The molecular weight excluding hydrogens is 257 g/mol. The number of nitrogens with one attached hydrogen (secondary N) is 1. The number of anilines is 1. The van der Waals surface area contributed by atoms with Gasteiger partial charge in [0.15, 0.2) is 0 Å². The minimum Gasteiger partial charge on any atom is -0.395 e. The van der Waals surface area contributed by atoms with Crippen molar-refractivity contribution in [2.45, 2.75) is 32.1 Å². The summed E-state index contributed by atoms with van der Waals surface area (Å²) < 4.78 is 13.2. The molecule has 0 atom stereocenters. The van der Waals surface area contributed by atoms with Crippen molar-refractivity contribution in [2.24, 2.45) is 5.92 Å². The monoisotopic (exact) mass is 275 g/mol. The number of hydrogen-bond donors (Lipinski definition) is 2. The molecule has 1 saturated carbocycles. The summed E-state index contributed by atoms with van der Waals surface area (Å²) >= 11 is 0. The normalized spacial score (nSPS) is 14.1. The van der Waals surface area contributed by atoms with Gasteiger partial charge in [0.2, 0.25) is 5.91 Å². The lowest BCUT2D eigenvalue weighted by Crippen LogP contribution is -2.21. The second-order valence-corrected chi connectivity index (χ2v) is 5.01. The van der Waals surface area contributed by atoms with Crippen LogP contribution in [0.25, 0.3) is 0 Å². The molecule has 4 heteroatoms. The van der Waals surface area contributed by atoms with Crippen molar-refractivity contribution in [3.8, 4) is 11.8 Å². The molecule has 1 aliphatic carbocycles. The Balaban J connectivity index is 2.05. The van der Waals surface area contributed by atoms with E-state index in [4.69, 9.17) is 5.11 Å². The molecule has 0 heterocycles. The predicted octanol–water partition coefficient (Wildman–Crippen LogP) is 2.69. The first-order chi connectivity index (χ1) is 9.69. The lowest BCUT2D eigenvalue weighted by molar-refractivity contribution is -0.117. The number of aliphatic hydroxyl groups excluding tert-OH is 1. The second-order valence-electron chi connectivity index (χ2n) is 5.01. The van der Waals surface area contributed by atoms with Crippen molar-refractivity contribution in [2.75, 3.05) is 11.9 Å². The summed E-state index contributed by atoms with van der Waals surface area (Å²) in [6.45, 7) is -0.0360. The maximum atomic E-state index is 13.2. The summed E-state index contributed by atoms with van der Waals surface area (Å²) in [5, 5.41) is 11.5. The topological polar surface area (TPSA) is 49.3 Å². The number of rotatable bonds is 4. The average molecular weight is 275 g/mol. The van der Waals surface area contributed by atoms with Crippen LogP contribution in [0.5, 0.6) is 0 Å². The Kier molecular flexibility index (Phi) is 5.14. The molecule has 1 fully saturated rings. The van der Waals surface area contributed by atoms with Crippen LogP contribution in [0, 0.1) is 23.6 Å². The highest BCUT2D eigenvalue weighted by Gasteiger charge is 2.20. The quantitative estimate of drug-likeness (QED) is 0.830. The SMILES string of the molecule is O=C(CC1CCC1)Nc1ccc(F)cc1C#CCCO. The van der Waals surface area contributed by atoms with Crippen LogP contribution in [0.2, 0.25) is 0 Å². The molecule has 0 radical (unpaired) electrons. The fourth-order valence-electron chi connectivity index (χ4n) is 2.10. The van der Waals surface area contributed by atoms with Crippen LogP contribution in [0.1, 0.15) is 37.7 Å². The number of benzene rings is 1. The molecular formula is C16H18FNO2. The molecule has 0 unspecified atom stereocenters. The van der Waals surface area contributed by atoms with Crippen molar-refractivity contribution in [1.29, 1.82) is 0 Å². The number of hydrogen-bond acceptors (Lipinski definition) is 2. The van der Waals surface area contributed by atoms with Gasteiger partial charge in [-0.1, -0.05) is 18.3 Å². The van der Waals surface area contributed by atoms with Crippen LogP contribution in [-0.4, -0.2) is 17.6 Å². The summed E-state index contributed by atoms with van der Waals surface area (Å²) in [7, 11) is 0. The Morgan fingerprint density at radius 1 is 1.45 bits per heavy atom. The van der Waals surface area contributed by atoms with Crippen molar-refractivity contribution < 1.29 is 14.3 Å². The molecule has 2 rings (SSSR count). The third-order valence-electron chi connectivity index (χ3n) is 3.41. The zero-order chi connectivity index (χ0) is 14.4. The molecule has 106 valence electrons. The van der Waals surface area contributed by atoms with Crippen molar-refractivity contribution in [3.05, 3.63) is 29.6 Å². The molecule has 1 aromatic carbocycles. The molecule has 20 heavy (non-hydrogen) atoms. The molecule has 2 N–H and O–H groups in total. The van der Waals surface area contributed by atoms with E-state index in [0.29, 0.717) is 30.0 Å². The van der Waals surface area contributed by atoms with Crippen LogP contribution in [0.3, 0.4) is 0 Å². The van der Waals surface area contributed by atoms with Crippen LogP contribution >= 0.6 is 0 Å². The van der Waals surface area contributed by atoms with E-state index in [-0.39, 0.29) is 12.5 Å². The van der Waals surface area contributed by atoms with Gasteiger partial charge < -0.3 is 10.4 Å². The lowest BCUT2D eigenvalue weighted by Gasteiger charge is -2.24. The van der Waals surface area contributed by atoms with Gasteiger partial charge in [0.25, 0.3) is 0 Å². The van der Waals surface area contributed by atoms with Crippen LogP contribution < -0.4 is 5.32 Å². The Hall–Kier alpha value is -1.86. The predicted molar refractivity (Wildman–Crippen MR) is 75.6 cm³/mol. The Morgan fingerprint density at radius 3 is 2.90 bits per heavy atom. The largest absolute Gasteiger partial charge is 0.395 e. The van der Waals surface area contributed by atoms with Crippen molar-refractivity contribution >= 4 is 11.6 Å². The fraction of sp³-hybridized carbons (Fsp3) is 0.438. The molecule has 0 aliphatic heterocycles. The van der Waals surface area contributed by atoms with Gasteiger partial charge in [-0.15, -0.1) is 0 Å². The first-order valence-electron chi connectivity index (χ1n) is 6.88. The highest BCUT2D eigenvalue weighted by atomic mass is 19.1. The van der Waals surface area contributed by atoms with E-state index in [1.807, 2.05) is 0 Å². The van der Waals surface area contributed by atoms with E-state index in [9.17, 15) is 9.18 Å². The number of halogens is 1. The Morgan fingerprint density at radius 2 is 2.25 bits per heavy atom. The minimum atomic E-state index is -0.393. The van der Waals surface area contributed by atoms with E-state index in [0.717, 1.165) is 12.8 Å². The molecule has 0 spiro atoms. The molecule has 0 bridgehead atoms. The third-order valence-corrected chi connectivity index (χ3v) is 3.41. The standard InChI is InChI=1S/C16H18FNO2/c17-14-7-8-15(13(11-14)6-1-2-9-19)18-16(20)10-12-4-3-5-12/h7-8,11-12,19H,2-5,9-10H2,(H,18,20). The highest BCUT2D eigenvalue weighted by Crippen LogP contribution is 2.29. The average Bonchev–Trinajstić information content (AvgIpc) is 2.37. The van der Waals surface area contributed by atoms with Crippen LogP contribution in [-0.2, 0) is 4.79 Å². The Bertz CT molecular complexity index is 541. The van der Waals surface area contributed by atoms with E-state index < -0.39 is 5.82 Å². The van der Waals surface area contributed by atoms with Crippen molar-refractivity contribution in [1.82, 2.24) is 0 Å². The minimum absolute atomic E-state index is 0.0360. The van der Waals surface area contributed by atoms with Gasteiger partial charge in [-0.25, -0.2) is 4.39 Å². The van der Waals surface area contributed by atoms with Crippen molar-refractivity contribution in [3.63, 3.8) is 0 Å². The molecule has 1 aliphatic rings. The third kappa shape index (κ3) is 4.07. The first kappa shape index (κ1) is 14.5. The molecule has 3 nitrogen and oxygen atoms in total. The number of aliphatic hydroxyl groups is 1. The zero-order valence-corrected chi connectivity index (χ0v) is 11.3. The lowest BCUT2D eigenvalue weighted by atomic mass is 9.83. The van der Waals surface area contributed by atoms with Gasteiger partial charge in [-0.3, -0.25) is 4.79 Å². The maximum absolute atomic E-state index is 13.2. The van der Waals surface area contributed by atoms with Gasteiger partial charge in [-0.2, -0.15) is 0 Å². The summed E-state index contributed by atoms with van der Waals surface area (Å²) in [4.78, 5) is 11.9. The van der Waals surface area contributed by atoms with E-state index in [1.54, 1.807) is 0 Å². The van der Waals surface area contributed by atoms with E-state index in [2.05, 4.69) is 17.2 Å². The smallest absolute Gasteiger partial charge is 0.224 e. The van der Waals surface area contributed by atoms with Gasteiger partial charge in [-0.05, 0) is 37.0 Å². The summed E-state index contributed by atoms with van der Waals surface area (Å²) in [5.74, 6) is 5.56. The first-order valence-corrected chi connectivity index (χ1v) is 6.88. The number of carbonyl (C=O) groups excluding carboxylic acids is 1. The fourth-order valence-corrected chi connectivity index (χ4v) is 2.10. The summed E-state index contributed by atoms with van der Waals surface area (Å²) in [5.41, 5.74) is 0.974. The second kappa shape index (κ2) is 7.06. The number of carbonyl (C=O) groups is 1. The summed E-state index contributed by atoms with van der Waals surface area (Å²) in [6.07, 6.45) is 4.26. The molecule has 1 amide bonds. The molecule has 0 saturated heterocycles. The summed E-state index contributed by atoms with van der Waals surface area (Å²) in [6, 6.07) is 4.12. The molecule has 0 aromatic heterocycles. The Labute approximate surface area is 118 Å². The highest BCUT2D eigenvalue weighted by molar-refractivity contribution is 5.92. The van der Waals surface area contributed by atoms with Gasteiger partial charge in [0.05, 0.1) is 17.9 Å². The zero-order valence-electron chi connectivity index (χ0n) is 11.3. The van der Waals surface area contributed by atoms with E-state index >= 15 is 0 Å². The maximum Gasteiger partial charge on any atom is 0.224 e. The van der Waals surface area contributed by atoms with Gasteiger partial charge in [0.1, 0.15) is 5.82 Å². The van der Waals surface area contributed by atoms with Gasteiger partial charge in [0, 0.05) is 12.8 Å². The van der Waals surface area contributed by atoms with Gasteiger partial charge >= 0.3 is 0 Å². The number of amides is 1. The van der Waals surface area contributed by atoms with Crippen LogP contribution in [0.15, 0.2) is 18.2 Å².